The fourth-order valence-corrected chi connectivity index (χ4v) is 1.92. The minimum absolute atomic E-state index is 0.0946. The highest BCUT2D eigenvalue weighted by Gasteiger charge is 2.19. The van der Waals surface area contributed by atoms with Gasteiger partial charge in [-0.3, -0.25) is 4.79 Å². The Kier molecular flexibility index (Phi) is 6.65. The summed E-state index contributed by atoms with van der Waals surface area (Å²) < 4.78 is 13.7. The minimum atomic E-state index is -0.841. The molecule has 21 heavy (non-hydrogen) atoms. The number of nitrogens with zero attached hydrogens (tertiary/aromatic N) is 1. The Morgan fingerprint density at radius 3 is 2.62 bits per heavy atom. The first-order valence-corrected chi connectivity index (χ1v) is 6.90. The van der Waals surface area contributed by atoms with Crippen molar-refractivity contribution in [3.05, 3.63) is 35.6 Å². The Morgan fingerprint density at radius 1 is 1.33 bits per heavy atom. The smallest absolute Gasteiger partial charge is 0.317 e. The maximum atomic E-state index is 13.7. The minimum Gasteiger partial charge on any atom is -0.481 e. The van der Waals surface area contributed by atoms with Gasteiger partial charge in [0.15, 0.2) is 0 Å². The molecule has 0 aliphatic rings. The first kappa shape index (κ1) is 16.9. The van der Waals surface area contributed by atoms with Crippen LogP contribution in [-0.4, -0.2) is 35.6 Å². The highest BCUT2D eigenvalue weighted by atomic mass is 19.1. The van der Waals surface area contributed by atoms with Crippen molar-refractivity contribution in [2.45, 2.75) is 32.2 Å². The molecule has 1 unspecified atom stereocenters. The second kappa shape index (κ2) is 8.24. The molecule has 0 aromatic heterocycles. The molecule has 0 bridgehead atoms. The van der Waals surface area contributed by atoms with Crippen LogP contribution in [0.2, 0.25) is 0 Å². The zero-order chi connectivity index (χ0) is 15.8. The Bertz CT molecular complexity index is 494. The first-order valence-electron chi connectivity index (χ1n) is 6.90. The van der Waals surface area contributed by atoms with Gasteiger partial charge < -0.3 is 15.3 Å². The normalized spacial score (nSPS) is 11.8. The number of hydrogen-bond donors (Lipinski definition) is 2. The zero-order valence-electron chi connectivity index (χ0n) is 12.3. The summed E-state index contributed by atoms with van der Waals surface area (Å²) in [6.45, 7) is 2.16. The molecule has 0 aliphatic heterocycles. The molecule has 1 rings (SSSR count). The Labute approximate surface area is 123 Å². The summed E-state index contributed by atoms with van der Waals surface area (Å²) in [7, 11) is 1.60. The van der Waals surface area contributed by atoms with Crippen molar-refractivity contribution in [2.75, 3.05) is 13.6 Å². The van der Waals surface area contributed by atoms with Crippen molar-refractivity contribution < 1.29 is 19.1 Å². The second-order valence-corrected chi connectivity index (χ2v) is 4.89. The number of nitrogens with one attached hydrogen (secondary N) is 1. The molecule has 116 valence electrons. The quantitative estimate of drug-likeness (QED) is 0.760. The number of unbranched alkanes of at least 4 members (excludes halogenated alkanes) is 1. The van der Waals surface area contributed by atoms with Crippen molar-refractivity contribution >= 4 is 12.0 Å². The average molecular weight is 296 g/mol. The summed E-state index contributed by atoms with van der Waals surface area (Å²) in [5.74, 6) is -1.18. The van der Waals surface area contributed by atoms with Crippen molar-refractivity contribution in [1.29, 1.82) is 0 Å². The molecule has 5 nitrogen and oxygen atoms in total. The predicted molar refractivity (Wildman–Crippen MR) is 77.5 cm³/mol. The molecule has 2 N–H and O–H groups in total. The van der Waals surface area contributed by atoms with E-state index in [0.717, 1.165) is 0 Å². The number of hydrogen-bond acceptors (Lipinski definition) is 2. The Hall–Kier alpha value is -2.11. The van der Waals surface area contributed by atoms with Gasteiger partial charge in [-0.25, -0.2) is 9.18 Å². The van der Waals surface area contributed by atoms with Gasteiger partial charge >= 0.3 is 12.0 Å². The molecule has 0 fully saturated rings. The van der Waals surface area contributed by atoms with Gasteiger partial charge in [0.2, 0.25) is 0 Å². The van der Waals surface area contributed by atoms with E-state index < -0.39 is 5.97 Å². The molecule has 0 spiro atoms. The van der Waals surface area contributed by atoms with Gasteiger partial charge in [-0.05, 0) is 25.8 Å². The second-order valence-electron chi connectivity index (χ2n) is 4.89. The summed E-state index contributed by atoms with van der Waals surface area (Å²) in [5, 5.41) is 11.2. The third-order valence-electron chi connectivity index (χ3n) is 3.35. The van der Waals surface area contributed by atoms with Crippen molar-refractivity contribution in [3.63, 3.8) is 0 Å². The van der Waals surface area contributed by atoms with Gasteiger partial charge in [0.05, 0.1) is 6.04 Å². The number of halogens is 1. The molecule has 1 atom stereocenters. The molecule has 0 aliphatic carbocycles. The van der Waals surface area contributed by atoms with Crippen molar-refractivity contribution in [2.24, 2.45) is 0 Å². The number of carbonyl (C=O) groups is 2. The number of rotatable bonds is 7. The third-order valence-corrected chi connectivity index (χ3v) is 3.35. The standard InChI is InChI=1S/C15H21FN2O3/c1-11(12-7-3-4-8-13(12)16)18(2)15(21)17-10-6-5-9-14(19)20/h3-4,7-8,11H,5-6,9-10H2,1-2H3,(H,17,21)(H,19,20). The number of carboxylic acid groups (broad SMARTS) is 1. The highest BCUT2D eigenvalue weighted by molar-refractivity contribution is 5.74. The van der Waals surface area contributed by atoms with E-state index in [4.69, 9.17) is 5.11 Å². The summed E-state index contributed by atoms with van der Waals surface area (Å²) in [4.78, 5) is 23.7. The maximum Gasteiger partial charge on any atom is 0.317 e. The molecule has 1 aromatic rings. The largest absolute Gasteiger partial charge is 0.481 e. The van der Waals surface area contributed by atoms with Crippen LogP contribution in [0.15, 0.2) is 24.3 Å². The molecule has 2 amide bonds. The lowest BCUT2D eigenvalue weighted by Gasteiger charge is -2.25. The lowest BCUT2D eigenvalue weighted by Crippen LogP contribution is -2.39. The van der Waals surface area contributed by atoms with Gasteiger partial charge in [-0.2, -0.15) is 0 Å². The SMILES string of the molecule is CC(c1ccccc1F)N(C)C(=O)NCCCCC(=O)O. The van der Waals surface area contributed by atoms with Crippen LogP contribution in [-0.2, 0) is 4.79 Å². The van der Waals surface area contributed by atoms with Crippen LogP contribution < -0.4 is 5.32 Å². The van der Waals surface area contributed by atoms with Gasteiger partial charge in [0.1, 0.15) is 5.82 Å². The van der Waals surface area contributed by atoms with E-state index in [1.165, 1.54) is 11.0 Å². The summed E-state index contributed by atoms with van der Waals surface area (Å²) in [6.07, 6.45) is 1.21. The van der Waals surface area contributed by atoms with Crippen LogP contribution in [0.1, 0.15) is 37.8 Å². The Morgan fingerprint density at radius 2 is 2.00 bits per heavy atom. The predicted octanol–water partition coefficient (Wildman–Crippen LogP) is 2.78. The van der Waals surface area contributed by atoms with E-state index in [2.05, 4.69) is 5.32 Å². The van der Waals surface area contributed by atoms with E-state index in [-0.39, 0.29) is 24.3 Å². The van der Waals surface area contributed by atoms with Crippen LogP contribution in [0.25, 0.3) is 0 Å². The fourth-order valence-electron chi connectivity index (χ4n) is 1.92. The fraction of sp³-hybridized carbons (Fsp3) is 0.467. The third kappa shape index (κ3) is 5.41. The highest BCUT2D eigenvalue weighted by Crippen LogP contribution is 2.21. The van der Waals surface area contributed by atoms with Crippen LogP contribution in [0, 0.1) is 5.82 Å². The van der Waals surface area contributed by atoms with E-state index in [1.807, 2.05) is 0 Å². The molecular formula is C15H21FN2O3. The molecule has 0 saturated heterocycles. The first-order chi connectivity index (χ1) is 9.93. The van der Waals surface area contributed by atoms with Crippen LogP contribution in [0.3, 0.4) is 0 Å². The average Bonchev–Trinajstić information content (AvgIpc) is 2.45. The summed E-state index contributed by atoms with van der Waals surface area (Å²) >= 11 is 0. The zero-order valence-corrected chi connectivity index (χ0v) is 12.3. The van der Waals surface area contributed by atoms with Crippen molar-refractivity contribution in [3.8, 4) is 0 Å². The van der Waals surface area contributed by atoms with Crippen LogP contribution in [0.4, 0.5) is 9.18 Å². The molecule has 0 saturated carbocycles. The number of carboxylic acids is 1. The van der Waals surface area contributed by atoms with E-state index >= 15 is 0 Å². The topological polar surface area (TPSA) is 69.6 Å². The Balaban J connectivity index is 2.43. The number of aliphatic carboxylic acids is 1. The van der Waals surface area contributed by atoms with Gasteiger partial charge in [-0.1, -0.05) is 18.2 Å². The number of carbonyl (C=O) groups excluding carboxylic acids is 1. The van der Waals surface area contributed by atoms with Crippen LogP contribution in [0.5, 0.6) is 0 Å². The maximum absolute atomic E-state index is 13.7. The number of amides is 2. The van der Waals surface area contributed by atoms with E-state index in [0.29, 0.717) is 24.9 Å². The lowest BCUT2D eigenvalue weighted by atomic mass is 10.1. The van der Waals surface area contributed by atoms with E-state index in [1.54, 1.807) is 32.2 Å². The molecule has 6 heteroatoms. The lowest BCUT2D eigenvalue weighted by molar-refractivity contribution is -0.137. The van der Waals surface area contributed by atoms with Gasteiger partial charge in [0.25, 0.3) is 0 Å². The van der Waals surface area contributed by atoms with Crippen LogP contribution >= 0.6 is 0 Å². The van der Waals surface area contributed by atoms with Crippen molar-refractivity contribution in [1.82, 2.24) is 10.2 Å². The van der Waals surface area contributed by atoms with Gasteiger partial charge in [0, 0.05) is 25.6 Å². The summed E-state index contributed by atoms with van der Waals surface area (Å²) in [5.41, 5.74) is 0.459. The number of benzene rings is 1. The molecule has 0 heterocycles. The monoisotopic (exact) mass is 296 g/mol. The number of urea groups is 1. The van der Waals surface area contributed by atoms with E-state index in [9.17, 15) is 14.0 Å². The molecular weight excluding hydrogens is 275 g/mol. The molecule has 1 aromatic carbocycles. The van der Waals surface area contributed by atoms with Gasteiger partial charge in [-0.15, -0.1) is 0 Å². The summed E-state index contributed by atoms with van der Waals surface area (Å²) in [6, 6.07) is 5.66. The molecule has 0 radical (unpaired) electrons.